The monoisotopic (exact) mass is 360 g/mol. The maximum Gasteiger partial charge on any atom is 0.410 e. The van der Waals surface area contributed by atoms with E-state index < -0.39 is 12.1 Å². The highest BCUT2D eigenvalue weighted by Crippen LogP contribution is 2.26. The van der Waals surface area contributed by atoms with Crippen LogP contribution in [0.2, 0.25) is 0 Å². The van der Waals surface area contributed by atoms with Gasteiger partial charge < -0.3 is 14.7 Å². The summed E-state index contributed by atoms with van der Waals surface area (Å²) in [5.41, 5.74) is 0.932. The maximum atomic E-state index is 13.1. The van der Waals surface area contributed by atoms with Crippen molar-refractivity contribution in [1.82, 2.24) is 9.80 Å². The van der Waals surface area contributed by atoms with Gasteiger partial charge in [-0.25, -0.2) is 4.79 Å². The molecule has 2 saturated heterocycles. The molecule has 1 aromatic rings. The van der Waals surface area contributed by atoms with Gasteiger partial charge in [-0.3, -0.25) is 9.69 Å². The molecule has 0 aromatic heterocycles. The minimum Gasteiger partial charge on any atom is -0.445 e. The highest BCUT2D eigenvalue weighted by Gasteiger charge is 2.39. The van der Waals surface area contributed by atoms with Gasteiger partial charge in [0.15, 0.2) is 0 Å². The van der Waals surface area contributed by atoms with E-state index in [1.807, 2.05) is 35.2 Å². The second kappa shape index (κ2) is 9.03. The number of hydrogen-bond acceptors (Lipinski definition) is 4. The average Bonchev–Trinajstić information content (AvgIpc) is 3.17. The number of carbonyl (C=O) groups is 2. The molecule has 0 bridgehead atoms. The van der Waals surface area contributed by atoms with Crippen molar-refractivity contribution in [2.45, 2.75) is 57.2 Å². The van der Waals surface area contributed by atoms with Crippen LogP contribution in [-0.2, 0) is 16.1 Å². The van der Waals surface area contributed by atoms with Gasteiger partial charge in [-0.15, -0.1) is 0 Å². The second-order valence-corrected chi connectivity index (χ2v) is 7.09. The van der Waals surface area contributed by atoms with Crippen molar-refractivity contribution in [1.29, 1.82) is 0 Å². The van der Waals surface area contributed by atoms with Crippen LogP contribution in [0.15, 0.2) is 30.3 Å². The number of piperidine rings is 1. The molecule has 0 spiro atoms. The lowest BCUT2D eigenvalue weighted by Crippen LogP contribution is -2.53. The number of aliphatic hydroxyl groups is 1. The molecular weight excluding hydrogens is 332 g/mol. The normalized spacial score (nSPS) is 23.1. The summed E-state index contributed by atoms with van der Waals surface area (Å²) < 4.78 is 5.43. The molecule has 0 saturated carbocycles. The lowest BCUT2D eigenvalue weighted by Gasteiger charge is -2.38. The Kier molecular flexibility index (Phi) is 6.50. The van der Waals surface area contributed by atoms with E-state index in [4.69, 9.17) is 4.74 Å². The van der Waals surface area contributed by atoms with Crippen LogP contribution in [0, 0.1) is 0 Å². The Balaban J connectivity index is 1.61. The van der Waals surface area contributed by atoms with Gasteiger partial charge in [0.1, 0.15) is 12.6 Å². The van der Waals surface area contributed by atoms with Crippen molar-refractivity contribution in [2.24, 2.45) is 0 Å². The van der Waals surface area contributed by atoms with Gasteiger partial charge in [-0.1, -0.05) is 30.3 Å². The summed E-state index contributed by atoms with van der Waals surface area (Å²) in [6, 6.07) is 9.20. The number of amides is 2. The van der Waals surface area contributed by atoms with Crippen LogP contribution in [-0.4, -0.2) is 58.7 Å². The number of hydrogen-bond donors (Lipinski definition) is 1. The second-order valence-electron chi connectivity index (χ2n) is 7.09. The van der Waals surface area contributed by atoms with E-state index in [0.29, 0.717) is 25.9 Å². The molecule has 6 heteroatoms. The summed E-state index contributed by atoms with van der Waals surface area (Å²) in [6.07, 6.45) is 4.69. The van der Waals surface area contributed by atoms with Crippen molar-refractivity contribution in [3.8, 4) is 0 Å². The molecule has 2 fully saturated rings. The van der Waals surface area contributed by atoms with Gasteiger partial charge in [0.05, 0.1) is 0 Å². The Bertz CT molecular complexity index is 605. The molecule has 26 heavy (non-hydrogen) atoms. The van der Waals surface area contributed by atoms with E-state index >= 15 is 0 Å². The average molecular weight is 360 g/mol. The molecule has 3 rings (SSSR count). The first-order valence-electron chi connectivity index (χ1n) is 9.59. The quantitative estimate of drug-likeness (QED) is 0.876. The summed E-state index contributed by atoms with van der Waals surface area (Å²) in [6.45, 7) is 1.57. The Morgan fingerprint density at radius 1 is 1.04 bits per heavy atom. The number of carbonyl (C=O) groups excluding carboxylic acids is 2. The molecule has 142 valence electrons. The van der Waals surface area contributed by atoms with E-state index in [-0.39, 0.29) is 25.2 Å². The lowest BCUT2D eigenvalue weighted by atomic mass is 9.98. The Labute approximate surface area is 154 Å². The minimum atomic E-state index is -0.433. The van der Waals surface area contributed by atoms with Crippen LogP contribution in [0.5, 0.6) is 0 Å². The molecule has 2 amide bonds. The number of rotatable bonds is 5. The van der Waals surface area contributed by atoms with Crippen molar-refractivity contribution in [2.75, 3.05) is 19.7 Å². The Hall–Kier alpha value is -2.08. The molecule has 2 atom stereocenters. The van der Waals surface area contributed by atoms with Crippen LogP contribution in [0.1, 0.15) is 44.1 Å². The predicted octanol–water partition coefficient (Wildman–Crippen LogP) is 2.55. The molecule has 2 aliphatic heterocycles. The van der Waals surface area contributed by atoms with Gasteiger partial charge in [0.2, 0.25) is 5.91 Å². The van der Waals surface area contributed by atoms with E-state index in [9.17, 15) is 14.7 Å². The molecule has 0 aliphatic carbocycles. The third kappa shape index (κ3) is 4.36. The van der Waals surface area contributed by atoms with Crippen LogP contribution in [0.25, 0.3) is 0 Å². The minimum absolute atomic E-state index is 0.0114. The van der Waals surface area contributed by atoms with Gasteiger partial charge in [0.25, 0.3) is 0 Å². The van der Waals surface area contributed by atoms with Crippen molar-refractivity contribution < 1.29 is 19.4 Å². The summed E-state index contributed by atoms with van der Waals surface area (Å²) in [5.74, 6) is 0.0114. The largest absolute Gasteiger partial charge is 0.445 e. The summed E-state index contributed by atoms with van der Waals surface area (Å²) >= 11 is 0. The Morgan fingerprint density at radius 3 is 2.58 bits per heavy atom. The van der Waals surface area contributed by atoms with Gasteiger partial charge in [0, 0.05) is 25.7 Å². The zero-order chi connectivity index (χ0) is 18.4. The van der Waals surface area contributed by atoms with E-state index in [0.717, 1.165) is 31.2 Å². The standard InChI is InChI=1S/C20H28N2O4/c23-14-11-17-9-4-5-12-21(17)19(24)18-10-6-13-22(18)20(25)26-15-16-7-2-1-3-8-16/h1-3,7-8,17-18,23H,4-6,9-15H2. The molecule has 2 unspecified atom stereocenters. The first-order chi connectivity index (χ1) is 12.7. The van der Waals surface area contributed by atoms with E-state index in [1.165, 1.54) is 0 Å². The smallest absolute Gasteiger partial charge is 0.410 e. The first kappa shape index (κ1) is 18.7. The maximum absolute atomic E-state index is 13.1. The fourth-order valence-electron chi connectivity index (χ4n) is 3.98. The number of ether oxygens (including phenoxy) is 1. The van der Waals surface area contributed by atoms with Crippen LogP contribution >= 0.6 is 0 Å². The lowest BCUT2D eigenvalue weighted by molar-refractivity contribution is -0.139. The summed E-state index contributed by atoms with van der Waals surface area (Å²) in [7, 11) is 0. The van der Waals surface area contributed by atoms with Gasteiger partial charge in [-0.2, -0.15) is 0 Å². The highest BCUT2D eigenvalue weighted by molar-refractivity contribution is 5.86. The topological polar surface area (TPSA) is 70.1 Å². The third-order valence-corrected chi connectivity index (χ3v) is 5.35. The molecular formula is C20H28N2O4. The van der Waals surface area contributed by atoms with Crippen molar-refractivity contribution in [3.05, 3.63) is 35.9 Å². The Morgan fingerprint density at radius 2 is 1.81 bits per heavy atom. The first-order valence-corrected chi connectivity index (χ1v) is 9.59. The SMILES string of the molecule is O=C(C1CCCN1C(=O)OCc1ccccc1)N1CCCCC1CCO. The third-order valence-electron chi connectivity index (χ3n) is 5.35. The molecule has 2 heterocycles. The van der Waals surface area contributed by atoms with Crippen LogP contribution < -0.4 is 0 Å². The number of aliphatic hydroxyl groups excluding tert-OH is 1. The van der Waals surface area contributed by atoms with E-state index in [2.05, 4.69) is 0 Å². The summed E-state index contributed by atoms with van der Waals surface area (Å²) in [5, 5.41) is 9.28. The van der Waals surface area contributed by atoms with Crippen molar-refractivity contribution >= 4 is 12.0 Å². The van der Waals surface area contributed by atoms with Gasteiger partial charge in [-0.05, 0) is 44.1 Å². The van der Waals surface area contributed by atoms with Gasteiger partial charge >= 0.3 is 6.09 Å². The zero-order valence-electron chi connectivity index (χ0n) is 15.2. The number of likely N-dealkylation sites (tertiary alicyclic amines) is 2. The summed E-state index contributed by atoms with van der Waals surface area (Å²) in [4.78, 5) is 29.0. The number of benzene rings is 1. The fourth-order valence-corrected chi connectivity index (χ4v) is 3.98. The highest BCUT2D eigenvalue weighted by atomic mass is 16.6. The van der Waals surface area contributed by atoms with Crippen LogP contribution in [0.4, 0.5) is 4.79 Å². The van der Waals surface area contributed by atoms with E-state index in [1.54, 1.807) is 4.90 Å². The van der Waals surface area contributed by atoms with Crippen molar-refractivity contribution in [3.63, 3.8) is 0 Å². The fraction of sp³-hybridized carbons (Fsp3) is 0.600. The number of nitrogens with zero attached hydrogens (tertiary/aromatic N) is 2. The predicted molar refractivity (Wildman–Crippen MR) is 97.4 cm³/mol. The molecule has 6 nitrogen and oxygen atoms in total. The molecule has 2 aliphatic rings. The van der Waals surface area contributed by atoms with Crippen LogP contribution in [0.3, 0.4) is 0 Å². The zero-order valence-corrected chi connectivity index (χ0v) is 15.2. The molecule has 0 radical (unpaired) electrons. The molecule has 1 N–H and O–H groups in total. The molecule has 1 aromatic carbocycles.